The van der Waals surface area contributed by atoms with Crippen LogP contribution in [0.4, 0.5) is 10.6 Å². The summed E-state index contributed by atoms with van der Waals surface area (Å²) in [5.74, 6) is 0.616. The number of para-hydroxylation sites is 1. The minimum atomic E-state index is -0.0425. The van der Waals surface area contributed by atoms with E-state index in [4.69, 9.17) is 0 Å². The lowest BCUT2D eigenvalue weighted by Gasteiger charge is -2.20. The Hall–Kier alpha value is -2.04. The first kappa shape index (κ1) is 12.0. The fourth-order valence-corrected chi connectivity index (χ4v) is 2.51. The number of likely N-dealkylation sites (tertiary alicyclic amines) is 1. The zero-order valence-corrected chi connectivity index (χ0v) is 10.9. The van der Waals surface area contributed by atoms with Gasteiger partial charge in [-0.15, -0.1) is 0 Å². The Bertz CT molecular complexity index is 570. The molecule has 0 radical (unpaired) electrons. The second-order valence-electron chi connectivity index (χ2n) is 4.95. The van der Waals surface area contributed by atoms with Crippen LogP contribution in [0.1, 0.15) is 25.7 Å². The summed E-state index contributed by atoms with van der Waals surface area (Å²) in [6.07, 6.45) is 4.62. The maximum absolute atomic E-state index is 12.2. The van der Waals surface area contributed by atoms with Crippen molar-refractivity contribution in [2.45, 2.75) is 25.7 Å². The molecule has 19 heavy (non-hydrogen) atoms. The summed E-state index contributed by atoms with van der Waals surface area (Å²) >= 11 is 0. The van der Waals surface area contributed by atoms with E-state index < -0.39 is 0 Å². The Labute approximate surface area is 112 Å². The molecule has 2 heterocycles. The molecule has 3 rings (SSSR count). The smallest absolute Gasteiger partial charge is 0.323 e. The van der Waals surface area contributed by atoms with Crippen molar-refractivity contribution in [2.24, 2.45) is 0 Å². The lowest BCUT2D eigenvalue weighted by molar-refractivity contribution is 0.213. The summed E-state index contributed by atoms with van der Waals surface area (Å²) < 4.78 is 0. The van der Waals surface area contributed by atoms with E-state index in [1.54, 1.807) is 0 Å². The van der Waals surface area contributed by atoms with E-state index in [0.717, 1.165) is 36.8 Å². The van der Waals surface area contributed by atoms with Gasteiger partial charge in [0.25, 0.3) is 0 Å². The summed E-state index contributed by atoms with van der Waals surface area (Å²) in [5.41, 5.74) is 0.939. The fraction of sp³-hybridized carbons (Fsp3) is 0.429. The van der Waals surface area contributed by atoms with Gasteiger partial charge in [-0.1, -0.05) is 25.0 Å². The largest absolute Gasteiger partial charge is 0.324 e. The number of rotatable bonds is 1. The second-order valence-corrected chi connectivity index (χ2v) is 4.95. The van der Waals surface area contributed by atoms with Crippen LogP contribution in [0.25, 0.3) is 10.9 Å². The molecule has 1 aliphatic rings. The molecule has 1 aromatic carbocycles. The molecule has 0 bridgehead atoms. The van der Waals surface area contributed by atoms with Gasteiger partial charge in [0, 0.05) is 18.5 Å². The summed E-state index contributed by atoms with van der Waals surface area (Å²) in [4.78, 5) is 14.1. The molecule has 100 valence electrons. The highest BCUT2D eigenvalue weighted by molar-refractivity contribution is 5.98. The van der Waals surface area contributed by atoms with Crippen LogP contribution in [-0.2, 0) is 0 Å². The number of nitrogens with zero attached hydrogens (tertiary/aromatic N) is 2. The molecule has 1 aliphatic heterocycles. The standard InChI is InChI=1S/C14H18N4O/c19-14(18-9-5-1-2-6-10-18)15-13-11-7-3-4-8-12(11)16-17-13/h3-4,7-8H,1-2,5-6,9-10H2,(H2,15,16,17,19). The topological polar surface area (TPSA) is 61.0 Å². The van der Waals surface area contributed by atoms with Crippen LogP contribution in [0.2, 0.25) is 0 Å². The normalized spacial score (nSPS) is 16.3. The number of anilines is 1. The number of H-pyrrole nitrogens is 1. The molecule has 0 spiro atoms. The van der Waals surface area contributed by atoms with Crippen LogP contribution in [0.5, 0.6) is 0 Å². The zero-order chi connectivity index (χ0) is 13.1. The number of hydrogen-bond acceptors (Lipinski definition) is 2. The number of aromatic nitrogens is 2. The Kier molecular flexibility index (Phi) is 3.35. The van der Waals surface area contributed by atoms with E-state index >= 15 is 0 Å². The van der Waals surface area contributed by atoms with Crippen molar-refractivity contribution in [2.75, 3.05) is 18.4 Å². The summed E-state index contributed by atoms with van der Waals surface area (Å²) in [6, 6.07) is 7.75. The molecule has 1 aromatic heterocycles. The van der Waals surface area contributed by atoms with Gasteiger partial charge < -0.3 is 4.90 Å². The van der Waals surface area contributed by atoms with Gasteiger partial charge in [0.05, 0.1) is 5.52 Å². The molecule has 0 saturated carbocycles. The molecule has 1 saturated heterocycles. The lowest BCUT2D eigenvalue weighted by Crippen LogP contribution is -2.35. The Morgan fingerprint density at radius 2 is 1.89 bits per heavy atom. The number of hydrogen-bond donors (Lipinski definition) is 2. The van der Waals surface area contributed by atoms with E-state index in [0.29, 0.717) is 5.82 Å². The first-order chi connectivity index (χ1) is 9.34. The number of nitrogens with one attached hydrogen (secondary N) is 2. The van der Waals surface area contributed by atoms with Crippen LogP contribution in [0, 0.1) is 0 Å². The molecule has 0 unspecified atom stereocenters. The summed E-state index contributed by atoms with van der Waals surface area (Å²) in [6.45, 7) is 1.68. The third-order valence-corrected chi connectivity index (χ3v) is 3.59. The third-order valence-electron chi connectivity index (χ3n) is 3.59. The van der Waals surface area contributed by atoms with Crippen molar-refractivity contribution in [1.29, 1.82) is 0 Å². The van der Waals surface area contributed by atoms with Gasteiger partial charge in [-0.05, 0) is 25.0 Å². The molecular formula is C14H18N4O. The Morgan fingerprint density at radius 1 is 1.16 bits per heavy atom. The van der Waals surface area contributed by atoms with Crippen molar-refractivity contribution in [3.05, 3.63) is 24.3 Å². The van der Waals surface area contributed by atoms with Crippen LogP contribution in [0.3, 0.4) is 0 Å². The molecule has 2 N–H and O–H groups in total. The molecule has 2 amide bonds. The SMILES string of the molecule is O=C(Nc1n[nH]c2ccccc12)N1CCCCCC1. The summed E-state index contributed by atoms with van der Waals surface area (Å²) in [7, 11) is 0. The van der Waals surface area contributed by atoms with Gasteiger partial charge in [-0.2, -0.15) is 5.10 Å². The molecule has 5 nitrogen and oxygen atoms in total. The van der Waals surface area contributed by atoms with E-state index in [1.165, 1.54) is 12.8 Å². The molecule has 5 heteroatoms. The highest BCUT2D eigenvalue weighted by atomic mass is 16.2. The predicted octanol–water partition coefficient (Wildman–Crippen LogP) is 2.97. The van der Waals surface area contributed by atoms with E-state index in [2.05, 4.69) is 15.5 Å². The molecule has 0 atom stereocenters. The first-order valence-electron chi connectivity index (χ1n) is 6.83. The number of fused-ring (bicyclic) bond motifs is 1. The number of carbonyl (C=O) groups excluding carboxylic acids is 1. The van der Waals surface area contributed by atoms with Crippen molar-refractivity contribution < 1.29 is 4.79 Å². The maximum atomic E-state index is 12.2. The number of aromatic amines is 1. The van der Waals surface area contributed by atoms with Gasteiger partial charge in [0.15, 0.2) is 5.82 Å². The second kappa shape index (κ2) is 5.30. The minimum absolute atomic E-state index is 0.0425. The minimum Gasteiger partial charge on any atom is -0.324 e. The lowest BCUT2D eigenvalue weighted by atomic mass is 10.2. The van der Waals surface area contributed by atoms with E-state index in [-0.39, 0.29) is 6.03 Å². The predicted molar refractivity (Wildman–Crippen MR) is 75.2 cm³/mol. The monoisotopic (exact) mass is 258 g/mol. The highest BCUT2D eigenvalue weighted by Gasteiger charge is 2.17. The highest BCUT2D eigenvalue weighted by Crippen LogP contribution is 2.20. The van der Waals surface area contributed by atoms with Gasteiger partial charge in [-0.3, -0.25) is 10.4 Å². The number of carbonyl (C=O) groups is 1. The Morgan fingerprint density at radius 3 is 2.68 bits per heavy atom. The van der Waals surface area contributed by atoms with Crippen LogP contribution >= 0.6 is 0 Å². The third kappa shape index (κ3) is 2.54. The molecular weight excluding hydrogens is 240 g/mol. The number of benzene rings is 1. The number of urea groups is 1. The van der Waals surface area contributed by atoms with Crippen molar-refractivity contribution in [3.8, 4) is 0 Å². The average Bonchev–Trinajstić information content (AvgIpc) is 2.66. The van der Waals surface area contributed by atoms with Gasteiger partial charge >= 0.3 is 6.03 Å². The quantitative estimate of drug-likeness (QED) is 0.826. The molecule has 0 aliphatic carbocycles. The van der Waals surface area contributed by atoms with Gasteiger partial charge in [-0.25, -0.2) is 4.79 Å². The van der Waals surface area contributed by atoms with Crippen molar-refractivity contribution in [1.82, 2.24) is 15.1 Å². The van der Waals surface area contributed by atoms with Gasteiger partial charge in [0.1, 0.15) is 0 Å². The van der Waals surface area contributed by atoms with E-state index in [1.807, 2.05) is 29.2 Å². The Balaban J connectivity index is 1.75. The number of amides is 2. The molecule has 1 fully saturated rings. The zero-order valence-electron chi connectivity index (χ0n) is 10.9. The van der Waals surface area contributed by atoms with Crippen LogP contribution in [-0.4, -0.2) is 34.2 Å². The van der Waals surface area contributed by atoms with Crippen LogP contribution in [0.15, 0.2) is 24.3 Å². The van der Waals surface area contributed by atoms with Crippen LogP contribution < -0.4 is 5.32 Å². The fourth-order valence-electron chi connectivity index (χ4n) is 2.51. The average molecular weight is 258 g/mol. The molecule has 2 aromatic rings. The first-order valence-corrected chi connectivity index (χ1v) is 6.83. The van der Waals surface area contributed by atoms with Gasteiger partial charge in [0.2, 0.25) is 0 Å². The van der Waals surface area contributed by atoms with E-state index in [9.17, 15) is 4.79 Å². The van der Waals surface area contributed by atoms with Crippen molar-refractivity contribution >= 4 is 22.8 Å². The van der Waals surface area contributed by atoms with Crippen molar-refractivity contribution in [3.63, 3.8) is 0 Å². The maximum Gasteiger partial charge on any atom is 0.323 e. The summed E-state index contributed by atoms with van der Waals surface area (Å²) in [5, 5.41) is 11.0.